The van der Waals surface area contributed by atoms with Gasteiger partial charge in [0.15, 0.2) is 0 Å². The van der Waals surface area contributed by atoms with Gasteiger partial charge in [-0.15, -0.1) is 0 Å². The fourth-order valence-corrected chi connectivity index (χ4v) is 1.39. The predicted molar refractivity (Wildman–Crippen MR) is 62.3 cm³/mol. The summed E-state index contributed by atoms with van der Waals surface area (Å²) >= 11 is 5.88. The molecule has 1 rings (SSSR count). The topological polar surface area (TPSA) is 54.4 Å². The molecule has 0 aliphatic heterocycles. The molecule has 0 aliphatic rings. The summed E-state index contributed by atoms with van der Waals surface area (Å²) in [6.07, 6.45) is 4.47. The Hall–Kier alpha value is -1.87. The third kappa shape index (κ3) is 3.07. The number of carboxylic acids is 1. The van der Waals surface area contributed by atoms with Gasteiger partial charge in [-0.05, 0) is 18.2 Å². The number of hydrogen-bond donors (Lipinski definition) is 1. The van der Waals surface area contributed by atoms with Gasteiger partial charge in [0.2, 0.25) is 0 Å². The van der Waals surface area contributed by atoms with Gasteiger partial charge in [0.25, 0.3) is 0 Å². The number of carbonyl (C=O) groups excluding carboxylic acids is 1. The Labute approximate surface area is 97.7 Å². The molecule has 0 spiro atoms. The summed E-state index contributed by atoms with van der Waals surface area (Å²) < 4.78 is 0. The van der Waals surface area contributed by atoms with E-state index < -0.39 is 5.97 Å². The predicted octanol–water partition coefficient (Wildman–Crippen LogP) is 2.56. The SMILES string of the molecule is O=CC=CC=C(C(=O)O)c1ccccc1Cl. The van der Waals surface area contributed by atoms with Crippen LogP contribution in [0.25, 0.3) is 5.57 Å². The largest absolute Gasteiger partial charge is 0.478 e. The molecule has 82 valence electrons. The molecule has 0 aliphatic carbocycles. The zero-order valence-corrected chi connectivity index (χ0v) is 9.02. The van der Waals surface area contributed by atoms with E-state index in [0.29, 0.717) is 16.9 Å². The number of carbonyl (C=O) groups is 2. The summed E-state index contributed by atoms with van der Waals surface area (Å²) in [4.78, 5) is 21.1. The van der Waals surface area contributed by atoms with E-state index in [0.717, 1.165) is 0 Å². The third-order valence-electron chi connectivity index (χ3n) is 1.85. The summed E-state index contributed by atoms with van der Waals surface area (Å²) in [6.45, 7) is 0. The molecular weight excluding hydrogens is 228 g/mol. The van der Waals surface area contributed by atoms with Crippen LogP contribution in [-0.2, 0) is 9.59 Å². The number of allylic oxidation sites excluding steroid dienone is 3. The van der Waals surface area contributed by atoms with Gasteiger partial charge in [0, 0.05) is 10.6 Å². The number of hydrogen-bond acceptors (Lipinski definition) is 2. The van der Waals surface area contributed by atoms with Gasteiger partial charge >= 0.3 is 5.97 Å². The Morgan fingerprint density at radius 3 is 2.50 bits per heavy atom. The molecule has 0 fully saturated rings. The standard InChI is InChI=1S/C12H9ClO3/c13-11-7-2-1-5-9(11)10(12(15)16)6-3-4-8-14/h1-8H,(H,15,16). The molecular formula is C12H9ClO3. The first-order chi connectivity index (χ1) is 7.66. The smallest absolute Gasteiger partial charge is 0.336 e. The molecule has 0 saturated carbocycles. The van der Waals surface area contributed by atoms with Gasteiger partial charge in [-0.1, -0.05) is 35.9 Å². The molecule has 0 heterocycles. The van der Waals surface area contributed by atoms with E-state index in [1.807, 2.05) is 0 Å². The van der Waals surface area contributed by atoms with Gasteiger partial charge < -0.3 is 5.11 Å². The van der Waals surface area contributed by atoms with Crippen molar-refractivity contribution in [2.45, 2.75) is 0 Å². The Bertz CT molecular complexity index is 461. The highest BCUT2D eigenvalue weighted by molar-refractivity contribution is 6.34. The van der Waals surface area contributed by atoms with E-state index >= 15 is 0 Å². The van der Waals surface area contributed by atoms with Crippen LogP contribution < -0.4 is 0 Å². The van der Waals surface area contributed by atoms with Gasteiger partial charge in [0.05, 0.1) is 5.57 Å². The van der Waals surface area contributed by atoms with E-state index in [2.05, 4.69) is 0 Å². The molecule has 16 heavy (non-hydrogen) atoms. The lowest BCUT2D eigenvalue weighted by molar-refractivity contribution is -0.130. The van der Waals surface area contributed by atoms with E-state index in [-0.39, 0.29) is 5.57 Å². The quantitative estimate of drug-likeness (QED) is 0.497. The summed E-state index contributed by atoms with van der Waals surface area (Å²) in [6, 6.07) is 6.63. The van der Waals surface area contributed by atoms with Crippen LogP contribution in [0.5, 0.6) is 0 Å². The second-order valence-corrected chi connectivity index (χ2v) is 3.29. The molecule has 0 aromatic heterocycles. The maximum absolute atomic E-state index is 11.0. The normalized spacial score (nSPS) is 11.7. The van der Waals surface area contributed by atoms with E-state index in [4.69, 9.17) is 16.7 Å². The van der Waals surface area contributed by atoms with Crippen LogP contribution in [0.1, 0.15) is 5.56 Å². The molecule has 3 nitrogen and oxygen atoms in total. The van der Waals surface area contributed by atoms with Crippen molar-refractivity contribution < 1.29 is 14.7 Å². The number of aldehydes is 1. The molecule has 0 atom stereocenters. The van der Waals surface area contributed by atoms with Crippen molar-refractivity contribution in [3.05, 3.63) is 53.1 Å². The van der Waals surface area contributed by atoms with Crippen molar-refractivity contribution in [2.24, 2.45) is 0 Å². The van der Waals surface area contributed by atoms with E-state index in [1.165, 1.54) is 18.2 Å². The average Bonchev–Trinajstić information content (AvgIpc) is 2.25. The minimum atomic E-state index is -1.09. The van der Waals surface area contributed by atoms with Crippen LogP contribution in [-0.4, -0.2) is 17.4 Å². The van der Waals surface area contributed by atoms with Crippen molar-refractivity contribution in [2.75, 3.05) is 0 Å². The number of rotatable bonds is 4. The second kappa shape index (κ2) is 5.88. The minimum Gasteiger partial charge on any atom is -0.478 e. The first-order valence-corrected chi connectivity index (χ1v) is 4.85. The average molecular weight is 237 g/mol. The molecule has 0 radical (unpaired) electrons. The van der Waals surface area contributed by atoms with Crippen molar-refractivity contribution in [3.63, 3.8) is 0 Å². The fraction of sp³-hybridized carbons (Fsp3) is 0. The van der Waals surface area contributed by atoms with E-state index in [1.54, 1.807) is 24.3 Å². The molecule has 1 aromatic carbocycles. The van der Waals surface area contributed by atoms with Gasteiger partial charge in [-0.3, -0.25) is 4.79 Å². The highest BCUT2D eigenvalue weighted by atomic mass is 35.5. The van der Waals surface area contributed by atoms with E-state index in [9.17, 15) is 9.59 Å². The molecule has 1 N–H and O–H groups in total. The fourth-order valence-electron chi connectivity index (χ4n) is 1.15. The first-order valence-electron chi connectivity index (χ1n) is 4.47. The van der Waals surface area contributed by atoms with Crippen molar-refractivity contribution in [1.82, 2.24) is 0 Å². The van der Waals surface area contributed by atoms with Gasteiger partial charge in [-0.25, -0.2) is 4.79 Å². The lowest BCUT2D eigenvalue weighted by Gasteiger charge is -2.03. The van der Waals surface area contributed by atoms with Gasteiger partial charge in [0.1, 0.15) is 6.29 Å². The van der Waals surface area contributed by atoms with Gasteiger partial charge in [-0.2, -0.15) is 0 Å². The van der Waals surface area contributed by atoms with Crippen LogP contribution >= 0.6 is 11.6 Å². The monoisotopic (exact) mass is 236 g/mol. The summed E-state index contributed by atoms with van der Waals surface area (Å²) in [5.74, 6) is -1.09. The highest BCUT2D eigenvalue weighted by Gasteiger charge is 2.11. The molecule has 1 aromatic rings. The molecule has 4 heteroatoms. The van der Waals surface area contributed by atoms with Crippen molar-refractivity contribution in [1.29, 1.82) is 0 Å². The van der Waals surface area contributed by atoms with Crippen LogP contribution in [0.2, 0.25) is 5.02 Å². The van der Waals surface area contributed by atoms with Crippen LogP contribution in [0, 0.1) is 0 Å². The third-order valence-corrected chi connectivity index (χ3v) is 2.18. The summed E-state index contributed by atoms with van der Waals surface area (Å²) in [7, 11) is 0. The molecule has 0 unspecified atom stereocenters. The highest BCUT2D eigenvalue weighted by Crippen LogP contribution is 2.23. The zero-order chi connectivity index (χ0) is 12.0. The lowest BCUT2D eigenvalue weighted by Crippen LogP contribution is -1.99. The summed E-state index contributed by atoms with van der Waals surface area (Å²) in [5, 5.41) is 9.36. The Morgan fingerprint density at radius 2 is 1.94 bits per heavy atom. The maximum atomic E-state index is 11.0. The molecule has 0 amide bonds. The molecule has 0 bridgehead atoms. The Balaban J connectivity index is 3.18. The first kappa shape index (κ1) is 12.2. The van der Waals surface area contributed by atoms with Crippen LogP contribution in [0.15, 0.2) is 42.5 Å². The van der Waals surface area contributed by atoms with Crippen LogP contribution in [0.4, 0.5) is 0 Å². The summed E-state index contributed by atoms with van der Waals surface area (Å²) in [5.41, 5.74) is 0.468. The number of halogens is 1. The van der Waals surface area contributed by atoms with Crippen LogP contribution in [0.3, 0.4) is 0 Å². The minimum absolute atomic E-state index is 0.0451. The number of aliphatic carboxylic acids is 1. The van der Waals surface area contributed by atoms with Crippen molar-refractivity contribution in [3.8, 4) is 0 Å². The maximum Gasteiger partial charge on any atom is 0.336 e. The van der Waals surface area contributed by atoms with Crippen molar-refractivity contribution >= 4 is 29.4 Å². The number of benzene rings is 1. The lowest BCUT2D eigenvalue weighted by atomic mass is 10.1. The number of carboxylic acid groups (broad SMARTS) is 1. The Kier molecular flexibility index (Phi) is 4.48. The zero-order valence-electron chi connectivity index (χ0n) is 8.26. The molecule has 0 saturated heterocycles. The second-order valence-electron chi connectivity index (χ2n) is 2.89. The Morgan fingerprint density at radius 1 is 1.25 bits per heavy atom.